The van der Waals surface area contributed by atoms with Crippen molar-refractivity contribution in [2.75, 3.05) is 6.61 Å². The molecule has 0 aromatic rings. The Bertz CT molecular complexity index is 1240. The summed E-state index contributed by atoms with van der Waals surface area (Å²) >= 11 is 0. The average Bonchev–Trinajstić information content (AvgIpc) is 3.07. The minimum absolute atomic E-state index is 0.00721. The molecule has 0 aromatic carbocycles. The summed E-state index contributed by atoms with van der Waals surface area (Å²) in [6.07, 6.45) is 0.599. The van der Waals surface area contributed by atoms with Crippen LogP contribution in [-0.4, -0.2) is 47.3 Å². The summed E-state index contributed by atoms with van der Waals surface area (Å²) in [5.74, 6) is -4.11. The normalized spacial score (nSPS) is 36.3. The fourth-order valence-electron chi connectivity index (χ4n) is 8.51. The van der Waals surface area contributed by atoms with E-state index in [0.717, 1.165) is 0 Å². The van der Waals surface area contributed by atoms with Gasteiger partial charge < -0.3 is 4.74 Å². The van der Waals surface area contributed by atoms with Gasteiger partial charge in [-0.15, -0.1) is 0 Å². The summed E-state index contributed by atoms with van der Waals surface area (Å²) in [6, 6.07) is 0. The summed E-state index contributed by atoms with van der Waals surface area (Å²) in [7, 11) is 0. The van der Waals surface area contributed by atoms with Crippen LogP contribution in [-0.2, 0) is 38.3 Å². The Morgan fingerprint density at radius 2 is 1.56 bits per heavy atom. The maximum absolute atomic E-state index is 14.1. The Balaban J connectivity index is 1.75. The van der Waals surface area contributed by atoms with Crippen LogP contribution in [0.3, 0.4) is 0 Å². The number of ketones is 6. The Morgan fingerprint density at radius 1 is 0.923 bits per heavy atom. The second kappa shape index (κ2) is 9.41. The number of carbonyl (C=O) groups excluding carboxylic acids is 7. The van der Waals surface area contributed by atoms with Gasteiger partial charge in [0.1, 0.15) is 17.3 Å². The molecule has 6 atom stereocenters. The number of hydrogen-bond donors (Lipinski definition) is 0. The highest BCUT2D eigenvalue weighted by Gasteiger charge is 2.74. The van der Waals surface area contributed by atoms with E-state index < -0.39 is 56.9 Å². The molecular weight excluding hydrogens is 500 g/mol. The molecule has 8 heteroatoms. The Hall–Kier alpha value is -2.77. The molecule has 2 fully saturated rings. The Labute approximate surface area is 229 Å². The van der Waals surface area contributed by atoms with Gasteiger partial charge >= 0.3 is 5.97 Å². The number of ether oxygens (including phenoxy) is 1. The Kier molecular flexibility index (Phi) is 7.05. The number of carbonyl (C=O) groups is 7. The minimum Gasteiger partial charge on any atom is -0.466 e. The third-order valence-corrected chi connectivity index (χ3v) is 11.0. The quantitative estimate of drug-likeness (QED) is 0.351. The topological polar surface area (TPSA) is 129 Å². The van der Waals surface area contributed by atoms with Crippen molar-refractivity contribution in [1.29, 1.82) is 0 Å². The van der Waals surface area contributed by atoms with Gasteiger partial charge in [-0.1, -0.05) is 34.6 Å². The van der Waals surface area contributed by atoms with Crippen molar-refractivity contribution in [2.24, 2.45) is 39.4 Å². The molecule has 0 N–H and O–H groups in total. The van der Waals surface area contributed by atoms with Gasteiger partial charge in [0.25, 0.3) is 0 Å². The highest BCUT2D eigenvalue weighted by atomic mass is 16.5. The van der Waals surface area contributed by atoms with Gasteiger partial charge in [-0.25, -0.2) is 0 Å². The molecule has 0 spiro atoms. The maximum atomic E-state index is 14.1. The van der Waals surface area contributed by atoms with Crippen molar-refractivity contribution in [3.63, 3.8) is 0 Å². The van der Waals surface area contributed by atoms with E-state index in [1.54, 1.807) is 41.5 Å². The monoisotopic (exact) mass is 540 g/mol. The van der Waals surface area contributed by atoms with Crippen LogP contribution in [0, 0.1) is 39.4 Å². The molecule has 0 aliphatic heterocycles. The number of rotatable bonds is 7. The largest absolute Gasteiger partial charge is 0.466 e. The van der Waals surface area contributed by atoms with Crippen LogP contribution in [0.5, 0.6) is 0 Å². The minimum atomic E-state index is -1.49. The molecule has 0 radical (unpaired) electrons. The lowest BCUT2D eigenvalue weighted by atomic mass is 9.42. The van der Waals surface area contributed by atoms with Gasteiger partial charge in [-0.05, 0) is 38.0 Å². The average molecular weight is 541 g/mol. The zero-order valence-electron chi connectivity index (χ0n) is 24.2. The molecule has 0 amide bonds. The predicted octanol–water partition coefficient (Wildman–Crippen LogP) is 3.96. The van der Waals surface area contributed by atoms with Crippen molar-refractivity contribution in [3.05, 3.63) is 11.1 Å². The first-order valence-corrected chi connectivity index (χ1v) is 14.1. The molecule has 0 heterocycles. The summed E-state index contributed by atoms with van der Waals surface area (Å²) in [5, 5.41) is 0. The second-order valence-corrected chi connectivity index (χ2v) is 13.2. The highest BCUT2D eigenvalue weighted by Crippen LogP contribution is 2.68. The number of Topliss-reactive ketones (excluding diaryl/α,β-unsaturated/α-hetero) is 6. The Morgan fingerprint density at radius 3 is 2.18 bits per heavy atom. The molecule has 0 bridgehead atoms. The fourth-order valence-corrected chi connectivity index (χ4v) is 8.51. The molecule has 4 aliphatic rings. The molecule has 212 valence electrons. The van der Waals surface area contributed by atoms with Crippen molar-refractivity contribution in [1.82, 2.24) is 0 Å². The van der Waals surface area contributed by atoms with Crippen LogP contribution in [0.15, 0.2) is 11.1 Å². The van der Waals surface area contributed by atoms with Crippen molar-refractivity contribution < 1.29 is 38.3 Å². The number of allylic oxidation sites excluding steroid dienone is 2. The first-order chi connectivity index (χ1) is 18.0. The van der Waals surface area contributed by atoms with E-state index >= 15 is 0 Å². The summed E-state index contributed by atoms with van der Waals surface area (Å²) in [4.78, 5) is 93.1. The fraction of sp³-hybridized carbons (Fsp3) is 0.710. The molecule has 0 aromatic heterocycles. The number of esters is 1. The third-order valence-electron chi connectivity index (χ3n) is 11.0. The lowest BCUT2D eigenvalue weighted by Gasteiger charge is -2.57. The van der Waals surface area contributed by atoms with Crippen LogP contribution in [0.4, 0.5) is 0 Å². The standard InChI is InChI=1S/C31H40O8/c1-8-39-23(36)10-9-17(32)13-16(2)18-14-22(35)31(7)24-19(33)15-20-28(3,4)21(34)11-12-29(20,5)25(24)26(37)27(38)30(18,31)6/h16,18,20H,8-15H2,1-7H3/t16-,18-,20?,29+,30+,31+/m1/s1. The van der Waals surface area contributed by atoms with E-state index in [2.05, 4.69) is 0 Å². The lowest BCUT2D eigenvalue weighted by Crippen LogP contribution is -2.62. The molecule has 0 saturated heterocycles. The molecule has 4 aliphatic carbocycles. The maximum Gasteiger partial charge on any atom is 0.306 e. The predicted molar refractivity (Wildman–Crippen MR) is 140 cm³/mol. The van der Waals surface area contributed by atoms with Gasteiger partial charge in [0.2, 0.25) is 11.6 Å². The van der Waals surface area contributed by atoms with Gasteiger partial charge in [0.05, 0.1) is 23.9 Å². The van der Waals surface area contributed by atoms with Crippen molar-refractivity contribution >= 4 is 40.7 Å². The summed E-state index contributed by atoms with van der Waals surface area (Å²) in [5.41, 5.74) is -4.37. The molecule has 39 heavy (non-hydrogen) atoms. The van der Waals surface area contributed by atoms with Crippen LogP contribution in [0.1, 0.15) is 93.4 Å². The van der Waals surface area contributed by atoms with Crippen LogP contribution >= 0.6 is 0 Å². The van der Waals surface area contributed by atoms with Gasteiger partial charge in [0, 0.05) is 54.1 Å². The van der Waals surface area contributed by atoms with Crippen LogP contribution in [0.2, 0.25) is 0 Å². The van der Waals surface area contributed by atoms with E-state index in [1.165, 1.54) is 0 Å². The molecule has 1 unspecified atom stereocenters. The number of hydrogen-bond acceptors (Lipinski definition) is 8. The smallest absolute Gasteiger partial charge is 0.306 e. The van der Waals surface area contributed by atoms with E-state index in [1.807, 2.05) is 6.92 Å². The lowest BCUT2D eigenvalue weighted by molar-refractivity contribution is -0.156. The van der Waals surface area contributed by atoms with Crippen LogP contribution in [0.25, 0.3) is 0 Å². The van der Waals surface area contributed by atoms with E-state index in [-0.39, 0.29) is 79.4 Å². The SMILES string of the molecule is CCOC(=O)CCC(=O)C[C@@H](C)[C@H]1CC(=O)[C@@]2(C)C3=C(C(=O)C(=O)[C@]12C)[C@@]1(C)CCC(=O)C(C)(C)C1CC3=O. The van der Waals surface area contributed by atoms with Gasteiger partial charge in [-0.2, -0.15) is 0 Å². The van der Waals surface area contributed by atoms with Gasteiger partial charge in [-0.3, -0.25) is 33.6 Å². The van der Waals surface area contributed by atoms with E-state index in [4.69, 9.17) is 4.74 Å². The van der Waals surface area contributed by atoms with Gasteiger partial charge in [0.15, 0.2) is 5.78 Å². The molecule has 4 rings (SSSR count). The number of fused-ring (bicyclic) bond motifs is 4. The van der Waals surface area contributed by atoms with Crippen molar-refractivity contribution in [3.8, 4) is 0 Å². The van der Waals surface area contributed by atoms with Crippen molar-refractivity contribution in [2.45, 2.75) is 93.4 Å². The third kappa shape index (κ3) is 3.87. The summed E-state index contributed by atoms with van der Waals surface area (Å²) in [6.45, 7) is 12.4. The van der Waals surface area contributed by atoms with E-state index in [0.29, 0.717) is 6.42 Å². The second-order valence-electron chi connectivity index (χ2n) is 13.2. The molecule has 8 nitrogen and oxygen atoms in total. The zero-order chi connectivity index (χ0) is 29.3. The first kappa shape index (κ1) is 29.2. The first-order valence-electron chi connectivity index (χ1n) is 14.1. The summed E-state index contributed by atoms with van der Waals surface area (Å²) < 4.78 is 4.89. The zero-order valence-corrected chi connectivity index (χ0v) is 24.2. The molecule has 2 saturated carbocycles. The van der Waals surface area contributed by atoms with E-state index in [9.17, 15) is 33.6 Å². The highest BCUT2D eigenvalue weighted by molar-refractivity contribution is 6.49. The molecular formula is C31H40O8. The van der Waals surface area contributed by atoms with Crippen LogP contribution < -0.4 is 0 Å².